The van der Waals surface area contributed by atoms with E-state index in [-0.39, 0.29) is 0 Å². The third-order valence-electron chi connectivity index (χ3n) is 4.53. The van der Waals surface area contributed by atoms with Crippen molar-refractivity contribution in [2.75, 3.05) is 5.32 Å². The third kappa shape index (κ3) is 3.55. The maximum Gasteiger partial charge on any atom is 0.125 e. The van der Waals surface area contributed by atoms with Crippen LogP contribution in [0.5, 0.6) is 0 Å². The highest BCUT2D eigenvalue weighted by Crippen LogP contribution is 2.37. The van der Waals surface area contributed by atoms with Gasteiger partial charge in [-0.3, -0.25) is 0 Å². The van der Waals surface area contributed by atoms with Crippen LogP contribution in [0.2, 0.25) is 0 Å². The highest BCUT2D eigenvalue weighted by atomic mass is 79.9. The highest BCUT2D eigenvalue weighted by Gasteiger charge is 2.34. The van der Waals surface area contributed by atoms with Crippen molar-refractivity contribution >= 4 is 21.6 Å². The smallest absolute Gasteiger partial charge is 0.125 e. The van der Waals surface area contributed by atoms with Crippen LogP contribution in [0.1, 0.15) is 46.0 Å². The van der Waals surface area contributed by atoms with Crippen molar-refractivity contribution < 1.29 is 0 Å². The molecule has 2 unspecified atom stereocenters. The first kappa shape index (κ1) is 15.4. The minimum absolute atomic E-state index is 0.409. The van der Waals surface area contributed by atoms with E-state index in [1.54, 1.807) is 0 Å². The van der Waals surface area contributed by atoms with E-state index in [9.17, 15) is 5.26 Å². The van der Waals surface area contributed by atoms with Crippen molar-refractivity contribution in [3.05, 3.63) is 28.7 Å². The second-order valence-corrected chi connectivity index (χ2v) is 7.09. The molecule has 2 nitrogen and oxygen atoms in total. The summed E-state index contributed by atoms with van der Waals surface area (Å²) in [6.07, 6.45) is 5.40. The maximum atomic E-state index is 9.72. The molecule has 1 aliphatic carbocycles. The summed E-state index contributed by atoms with van der Waals surface area (Å²) in [6.45, 7) is 4.59. The molecule has 0 aliphatic heterocycles. The lowest BCUT2D eigenvalue weighted by Crippen LogP contribution is -2.36. The van der Waals surface area contributed by atoms with E-state index < -0.39 is 5.54 Å². The van der Waals surface area contributed by atoms with Crippen LogP contribution in [-0.4, -0.2) is 5.54 Å². The fourth-order valence-corrected chi connectivity index (χ4v) is 3.50. The Balaban J connectivity index is 2.14. The fourth-order valence-electron chi connectivity index (χ4n) is 3.12. The minimum atomic E-state index is -0.409. The van der Waals surface area contributed by atoms with E-state index in [0.29, 0.717) is 5.92 Å². The zero-order chi connectivity index (χ0) is 14.6. The standard InChI is InChI=1S/C17H23BrN2/c1-13(2)14-6-5-10-17(12-19,11-9-14)20-16-8-4-3-7-15(16)18/h3-4,7-8,13-14,20H,5-6,9-11H2,1-2H3. The molecule has 1 N–H and O–H groups in total. The van der Waals surface area contributed by atoms with E-state index in [1.165, 1.54) is 6.42 Å². The lowest BCUT2D eigenvalue weighted by molar-refractivity contribution is 0.339. The van der Waals surface area contributed by atoms with Crippen molar-refractivity contribution in [2.45, 2.75) is 51.5 Å². The van der Waals surface area contributed by atoms with Crippen molar-refractivity contribution in [2.24, 2.45) is 11.8 Å². The SMILES string of the molecule is CC(C)C1CCCC(C#N)(Nc2ccccc2Br)CC1. The summed E-state index contributed by atoms with van der Waals surface area (Å²) in [4.78, 5) is 0. The number of para-hydroxylation sites is 1. The van der Waals surface area contributed by atoms with Crippen molar-refractivity contribution in [1.29, 1.82) is 5.26 Å². The Morgan fingerprint density at radius 1 is 1.30 bits per heavy atom. The second-order valence-electron chi connectivity index (χ2n) is 6.23. The van der Waals surface area contributed by atoms with Gasteiger partial charge in [-0.05, 0) is 65.6 Å². The van der Waals surface area contributed by atoms with Gasteiger partial charge in [-0.2, -0.15) is 5.26 Å². The molecule has 108 valence electrons. The van der Waals surface area contributed by atoms with Crippen LogP contribution >= 0.6 is 15.9 Å². The molecule has 3 heteroatoms. The van der Waals surface area contributed by atoms with E-state index in [2.05, 4.69) is 41.2 Å². The number of nitrogens with zero attached hydrogens (tertiary/aromatic N) is 1. The number of hydrogen-bond donors (Lipinski definition) is 1. The average molecular weight is 335 g/mol. The molecule has 0 aromatic heterocycles. The molecule has 1 saturated carbocycles. The van der Waals surface area contributed by atoms with Gasteiger partial charge in [-0.25, -0.2) is 0 Å². The molecular formula is C17H23BrN2. The number of nitrogens with one attached hydrogen (secondary N) is 1. The van der Waals surface area contributed by atoms with Gasteiger partial charge in [0.2, 0.25) is 0 Å². The molecule has 0 heterocycles. The number of anilines is 1. The lowest BCUT2D eigenvalue weighted by atomic mass is 9.87. The molecule has 2 rings (SSSR count). The molecule has 1 aromatic carbocycles. The van der Waals surface area contributed by atoms with E-state index in [4.69, 9.17) is 0 Å². The van der Waals surface area contributed by atoms with Crippen LogP contribution in [0, 0.1) is 23.2 Å². The van der Waals surface area contributed by atoms with Gasteiger partial charge in [0.05, 0.1) is 6.07 Å². The van der Waals surface area contributed by atoms with Crippen LogP contribution in [0.3, 0.4) is 0 Å². The summed E-state index contributed by atoms with van der Waals surface area (Å²) in [7, 11) is 0. The van der Waals surface area contributed by atoms with Gasteiger partial charge < -0.3 is 5.32 Å². The first-order chi connectivity index (χ1) is 9.56. The molecule has 1 aliphatic rings. The largest absolute Gasteiger partial charge is 0.366 e. The molecule has 0 bridgehead atoms. The molecule has 0 spiro atoms. The monoisotopic (exact) mass is 334 g/mol. The Kier molecular flexibility index (Phi) is 5.10. The molecule has 1 aromatic rings. The minimum Gasteiger partial charge on any atom is -0.366 e. The van der Waals surface area contributed by atoms with Gasteiger partial charge in [0.15, 0.2) is 0 Å². The molecule has 0 amide bonds. The Morgan fingerprint density at radius 2 is 2.05 bits per heavy atom. The molecular weight excluding hydrogens is 312 g/mol. The number of nitriles is 1. The Morgan fingerprint density at radius 3 is 2.70 bits per heavy atom. The van der Waals surface area contributed by atoms with Crippen LogP contribution in [0.15, 0.2) is 28.7 Å². The molecule has 20 heavy (non-hydrogen) atoms. The van der Waals surface area contributed by atoms with Crippen LogP contribution in [0.4, 0.5) is 5.69 Å². The second kappa shape index (κ2) is 6.63. The quantitative estimate of drug-likeness (QED) is 0.755. The molecule has 0 saturated heterocycles. The summed E-state index contributed by atoms with van der Waals surface area (Å²) >= 11 is 3.56. The normalized spacial score (nSPS) is 26.9. The maximum absolute atomic E-state index is 9.72. The lowest BCUT2D eigenvalue weighted by Gasteiger charge is -2.28. The summed E-state index contributed by atoms with van der Waals surface area (Å²) in [5.41, 5.74) is 0.616. The first-order valence-corrected chi connectivity index (χ1v) is 8.29. The predicted molar refractivity (Wildman–Crippen MR) is 87.5 cm³/mol. The fraction of sp³-hybridized carbons (Fsp3) is 0.588. The third-order valence-corrected chi connectivity index (χ3v) is 5.22. The number of rotatable bonds is 3. The van der Waals surface area contributed by atoms with E-state index in [1.807, 2.05) is 24.3 Å². The van der Waals surface area contributed by atoms with Gasteiger partial charge in [-0.1, -0.05) is 32.4 Å². The molecule has 1 fully saturated rings. The van der Waals surface area contributed by atoms with Crippen molar-refractivity contribution in [3.63, 3.8) is 0 Å². The van der Waals surface area contributed by atoms with Crippen molar-refractivity contribution in [3.8, 4) is 6.07 Å². The van der Waals surface area contributed by atoms with Gasteiger partial charge >= 0.3 is 0 Å². The summed E-state index contributed by atoms with van der Waals surface area (Å²) in [5.74, 6) is 1.47. The molecule has 2 atom stereocenters. The molecule has 0 radical (unpaired) electrons. The van der Waals surface area contributed by atoms with Gasteiger partial charge in [0.1, 0.15) is 5.54 Å². The van der Waals surface area contributed by atoms with Gasteiger partial charge in [-0.15, -0.1) is 0 Å². The highest BCUT2D eigenvalue weighted by molar-refractivity contribution is 9.10. The van der Waals surface area contributed by atoms with Gasteiger partial charge in [0, 0.05) is 10.2 Å². The Hall–Kier alpha value is -1.01. The van der Waals surface area contributed by atoms with E-state index in [0.717, 1.165) is 41.8 Å². The van der Waals surface area contributed by atoms with E-state index >= 15 is 0 Å². The Labute approximate surface area is 130 Å². The van der Waals surface area contributed by atoms with Gasteiger partial charge in [0.25, 0.3) is 0 Å². The number of benzene rings is 1. The zero-order valence-corrected chi connectivity index (χ0v) is 13.9. The number of hydrogen-bond acceptors (Lipinski definition) is 2. The summed E-state index contributed by atoms with van der Waals surface area (Å²) < 4.78 is 1.03. The summed E-state index contributed by atoms with van der Waals surface area (Å²) in [6, 6.07) is 10.6. The predicted octanol–water partition coefficient (Wildman–Crippen LogP) is 5.36. The van der Waals surface area contributed by atoms with Crippen LogP contribution in [0.25, 0.3) is 0 Å². The first-order valence-electron chi connectivity index (χ1n) is 7.50. The van der Waals surface area contributed by atoms with Crippen molar-refractivity contribution in [1.82, 2.24) is 0 Å². The topological polar surface area (TPSA) is 35.8 Å². The number of halogens is 1. The van der Waals surface area contributed by atoms with Crippen LogP contribution in [-0.2, 0) is 0 Å². The zero-order valence-electron chi connectivity index (χ0n) is 12.3. The summed E-state index contributed by atoms with van der Waals surface area (Å²) in [5, 5.41) is 13.2. The average Bonchev–Trinajstić information content (AvgIpc) is 2.65. The van der Waals surface area contributed by atoms with Crippen LogP contribution < -0.4 is 5.32 Å². The Bertz CT molecular complexity index is 492.